The third-order valence-corrected chi connectivity index (χ3v) is 9.45. The minimum atomic E-state index is -0.834. The average Bonchev–Trinajstić information content (AvgIpc) is 3.02. The highest BCUT2D eigenvalue weighted by Gasteiger charge is 2.17. The Hall–Kier alpha value is -0.870. The van der Waals surface area contributed by atoms with E-state index in [-0.39, 0.29) is 12.5 Å². The van der Waals surface area contributed by atoms with E-state index < -0.39 is 12.1 Å². The average molecular weight is 636 g/mol. The van der Waals surface area contributed by atoms with Gasteiger partial charge in [-0.2, -0.15) is 0 Å². The molecule has 1 amide bonds. The molecule has 0 heterocycles. The molecule has 0 aliphatic carbocycles. The number of aliphatic hydroxyl groups excluding tert-OH is 2. The Balaban J connectivity index is 3.56. The quantitative estimate of drug-likeness (QED) is 0.0474. The largest absolute Gasteiger partial charge is 0.394 e. The predicted octanol–water partition coefficient (Wildman–Crippen LogP) is 12.1. The van der Waals surface area contributed by atoms with Crippen molar-refractivity contribution in [1.29, 1.82) is 0 Å². The Kier molecular flexibility index (Phi) is 35.3. The zero-order valence-corrected chi connectivity index (χ0v) is 30.8. The number of hydrogen-bond donors (Lipinski definition) is 3. The highest BCUT2D eigenvalue weighted by atomic mass is 16.3. The Morgan fingerprint density at radius 3 is 1.36 bits per heavy atom. The van der Waals surface area contributed by atoms with E-state index in [1.807, 2.05) is 6.08 Å². The monoisotopic (exact) mass is 636 g/mol. The number of unbranched alkanes of at least 4 members (excludes halogenated alkanes) is 27. The summed E-state index contributed by atoms with van der Waals surface area (Å²) in [6.07, 6.45) is 43.0. The summed E-state index contributed by atoms with van der Waals surface area (Å²) in [5, 5.41) is 23.0. The van der Waals surface area contributed by atoms with Crippen molar-refractivity contribution in [1.82, 2.24) is 5.32 Å². The van der Waals surface area contributed by atoms with Crippen molar-refractivity contribution >= 4 is 5.91 Å². The van der Waals surface area contributed by atoms with Crippen LogP contribution in [0, 0.1) is 5.92 Å². The smallest absolute Gasteiger partial charge is 0.220 e. The van der Waals surface area contributed by atoms with E-state index in [4.69, 9.17) is 0 Å². The van der Waals surface area contributed by atoms with E-state index in [0.29, 0.717) is 6.42 Å². The molecule has 4 heteroatoms. The summed E-state index contributed by atoms with van der Waals surface area (Å²) in [5.41, 5.74) is 0. The van der Waals surface area contributed by atoms with Crippen LogP contribution in [0.15, 0.2) is 12.2 Å². The molecule has 3 N–H and O–H groups in total. The zero-order valence-electron chi connectivity index (χ0n) is 30.8. The van der Waals surface area contributed by atoms with Crippen LogP contribution < -0.4 is 5.32 Å². The first-order valence-corrected chi connectivity index (χ1v) is 20.3. The summed E-state index contributed by atoms with van der Waals surface area (Å²) in [5.74, 6) is 0.784. The lowest BCUT2D eigenvalue weighted by Gasteiger charge is -2.20. The summed E-state index contributed by atoms with van der Waals surface area (Å²) in [6.45, 7) is 6.67. The highest BCUT2D eigenvalue weighted by Crippen LogP contribution is 2.16. The van der Waals surface area contributed by atoms with Crippen molar-refractivity contribution in [3.8, 4) is 0 Å². The second-order valence-corrected chi connectivity index (χ2v) is 14.5. The number of carbonyl (C=O) groups excluding carboxylic acids is 1. The van der Waals surface area contributed by atoms with Crippen LogP contribution in [0.3, 0.4) is 0 Å². The number of aliphatic hydroxyl groups is 2. The predicted molar refractivity (Wildman–Crippen MR) is 198 cm³/mol. The van der Waals surface area contributed by atoms with Gasteiger partial charge in [0, 0.05) is 6.42 Å². The minimum absolute atomic E-state index is 0.0615. The second-order valence-electron chi connectivity index (χ2n) is 14.5. The van der Waals surface area contributed by atoms with Gasteiger partial charge in [0.2, 0.25) is 5.91 Å². The van der Waals surface area contributed by atoms with E-state index in [2.05, 4.69) is 26.1 Å². The van der Waals surface area contributed by atoms with Crippen molar-refractivity contribution in [2.45, 2.75) is 232 Å². The van der Waals surface area contributed by atoms with Gasteiger partial charge in [0.05, 0.1) is 18.8 Å². The van der Waals surface area contributed by atoms with Gasteiger partial charge < -0.3 is 15.5 Å². The summed E-state index contributed by atoms with van der Waals surface area (Å²) in [6, 6.07) is -0.616. The molecule has 0 aliphatic rings. The number of amides is 1. The van der Waals surface area contributed by atoms with Crippen LogP contribution in [-0.4, -0.2) is 34.9 Å². The molecule has 0 spiro atoms. The zero-order chi connectivity index (χ0) is 33.1. The maximum Gasteiger partial charge on any atom is 0.220 e. The van der Waals surface area contributed by atoms with Crippen LogP contribution >= 0.6 is 0 Å². The number of rotatable bonds is 36. The number of carbonyl (C=O) groups is 1. The first-order chi connectivity index (χ1) is 22.0. The minimum Gasteiger partial charge on any atom is -0.394 e. The molecule has 0 aromatic carbocycles. The molecule has 0 aliphatic heterocycles. The van der Waals surface area contributed by atoms with E-state index in [0.717, 1.165) is 31.6 Å². The molecule has 45 heavy (non-hydrogen) atoms. The van der Waals surface area contributed by atoms with E-state index >= 15 is 0 Å². The fourth-order valence-corrected chi connectivity index (χ4v) is 6.30. The molecule has 0 saturated carbocycles. The van der Waals surface area contributed by atoms with Gasteiger partial charge in [-0.25, -0.2) is 0 Å². The van der Waals surface area contributed by atoms with Gasteiger partial charge in [-0.15, -0.1) is 0 Å². The van der Waals surface area contributed by atoms with Gasteiger partial charge in [0.25, 0.3) is 0 Å². The molecule has 2 atom stereocenters. The van der Waals surface area contributed by atoms with Crippen molar-refractivity contribution in [2.75, 3.05) is 6.61 Å². The van der Waals surface area contributed by atoms with Crippen LogP contribution in [0.25, 0.3) is 0 Å². The molecule has 0 radical (unpaired) electrons. The molecular formula is C41H81NO3. The lowest BCUT2D eigenvalue weighted by atomic mass is 10.0. The van der Waals surface area contributed by atoms with Gasteiger partial charge in [0.15, 0.2) is 0 Å². The standard InChI is InChI=1S/C41H81NO3/c1-4-5-6-7-8-9-10-11-12-13-14-15-16-21-24-27-30-33-36-41(45)42-39(37-43)40(44)35-32-29-26-23-20-18-17-19-22-25-28-31-34-38(2)3/h32,35,38-40,43-44H,4-31,33-34,36-37H2,1-3H3,(H,42,45)/b35-32+. The first-order valence-electron chi connectivity index (χ1n) is 20.3. The first kappa shape index (κ1) is 44.1. The number of hydrogen-bond acceptors (Lipinski definition) is 3. The fraction of sp³-hybridized carbons (Fsp3) is 0.927. The van der Waals surface area contributed by atoms with E-state index in [1.165, 1.54) is 167 Å². The molecular weight excluding hydrogens is 554 g/mol. The van der Waals surface area contributed by atoms with Crippen LogP contribution in [-0.2, 0) is 4.79 Å². The summed E-state index contributed by atoms with van der Waals surface area (Å²) in [4.78, 5) is 12.3. The van der Waals surface area contributed by atoms with Crippen LogP contribution in [0.4, 0.5) is 0 Å². The molecule has 0 bridgehead atoms. The molecule has 0 aromatic heterocycles. The normalized spacial score (nSPS) is 13.2. The van der Waals surface area contributed by atoms with Gasteiger partial charge in [-0.1, -0.05) is 206 Å². The Bertz CT molecular complexity index is 620. The van der Waals surface area contributed by atoms with Gasteiger partial charge >= 0.3 is 0 Å². The second kappa shape index (κ2) is 36.0. The van der Waals surface area contributed by atoms with Gasteiger partial charge in [0.1, 0.15) is 0 Å². The topological polar surface area (TPSA) is 69.6 Å². The van der Waals surface area contributed by atoms with Gasteiger partial charge in [-0.3, -0.25) is 4.79 Å². The van der Waals surface area contributed by atoms with Crippen LogP contribution in [0.5, 0.6) is 0 Å². The SMILES string of the molecule is CCCCCCCCCCCCCCCCCCCCC(=O)NC(CO)C(O)/C=C/CCCCCCCCCCCCC(C)C. The molecule has 268 valence electrons. The summed E-state index contributed by atoms with van der Waals surface area (Å²) >= 11 is 0. The van der Waals surface area contributed by atoms with E-state index in [9.17, 15) is 15.0 Å². The third kappa shape index (κ3) is 34.3. The number of allylic oxidation sites excluding steroid dienone is 1. The molecule has 0 aromatic rings. The fourth-order valence-electron chi connectivity index (χ4n) is 6.30. The maximum atomic E-state index is 12.3. The molecule has 0 fully saturated rings. The molecule has 4 nitrogen and oxygen atoms in total. The third-order valence-electron chi connectivity index (χ3n) is 9.45. The molecule has 2 unspecified atom stereocenters. The van der Waals surface area contributed by atoms with Gasteiger partial charge in [-0.05, 0) is 25.2 Å². The Morgan fingerprint density at radius 2 is 0.956 bits per heavy atom. The maximum absolute atomic E-state index is 12.3. The van der Waals surface area contributed by atoms with Crippen molar-refractivity contribution in [3.05, 3.63) is 12.2 Å². The highest BCUT2D eigenvalue weighted by molar-refractivity contribution is 5.76. The summed E-state index contributed by atoms with van der Waals surface area (Å²) in [7, 11) is 0. The van der Waals surface area contributed by atoms with Crippen molar-refractivity contribution in [3.63, 3.8) is 0 Å². The number of nitrogens with one attached hydrogen (secondary N) is 1. The van der Waals surface area contributed by atoms with Crippen molar-refractivity contribution < 1.29 is 15.0 Å². The van der Waals surface area contributed by atoms with Crippen LogP contribution in [0.2, 0.25) is 0 Å². The lowest BCUT2D eigenvalue weighted by Crippen LogP contribution is -2.45. The summed E-state index contributed by atoms with van der Waals surface area (Å²) < 4.78 is 0. The Labute approximate surface area is 282 Å². The molecule has 0 saturated heterocycles. The molecule has 0 rings (SSSR count). The lowest BCUT2D eigenvalue weighted by molar-refractivity contribution is -0.123. The van der Waals surface area contributed by atoms with Crippen LogP contribution in [0.1, 0.15) is 220 Å². The van der Waals surface area contributed by atoms with E-state index in [1.54, 1.807) is 6.08 Å². The van der Waals surface area contributed by atoms with Crippen molar-refractivity contribution in [2.24, 2.45) is 5.92 Å². The Morgan fingerprint density at radius 1 is 0.578 bits per heavy atom.